The number of aryl methyl sites for hydroxylation is 2. The molecule has 12 heavy (non-hydrogen) atoms. The van der Waals surface area contributed by atoms with Crippen LogP contribution in [0, 0.1) is 26.2 Å². The number of hydrogen-bond acceptors (Lipinski definition) is 2. The van der Waals surface area contributed by atoms with E-state index in [9.17, 15) is 0 Å². The average Bonchev–Trinajstić information content (AvgIpc) is 2.03. The zero-order valence-electron chi connectivity index (χ0n) is 7.39. The number of rotatable bonds is 2. The van der Waals surface area contributed by atoms with Crippen molar-refractivity contribution in [1.29, 1.82) is 0 Å². The van der Waals surface area contributed by atoms with Gasteiger partial charge in [-0.3, -0.25) is 4.98 Å². The van der Waals surface area contributed by atoms with Crippen LogP contribution in [0.4, 0.5) is 5.69 Å². The maximum atomic E-state index is 5.12. The Morgan fingerprint density at radius 1 is 1.50 bits per heavy atom. The van der Waals surface area contributed by atoms with Crippen LogP contribution in [0.25, 0.3) is 0 Å². The minimum Gasteiger partial charge on any atom is -0.373 e. The summed E-state index contributed by atoms with van der Waals surface area (Å²) in [5.74, 6) is 2.52. The van der Waals surface area contributed by atoms with Gasteiger partial charge in [0.1, 0.15) is 0 Å². The number of aromatic nitrogens is 1. The number of pyridine rings is 1. The van der Waals surface area contributed by atoms with Crippen LogP contribution in [0.2, 0.25) is 0 Å². The van der Waals surface area contributed by atoms with Crippen LogP contribution < -0.4 is 5.32 Å². The third-order valence-corrected chi connectivity index (χ3v) is 1.61. The van der Waals surface area contributed by atoms with Gasteiger partial charge < -0.3 is 5.32 Å². The third kappa shape index (κ3) is 2.00. The van der Waals surface area contributed by atoms with E-state index in [0.717, 1.165) is 17.1 Å². The van der Waals surface area contributed by atoms with Crippen molar-refractivity contribution in [2.45, 2.75) is 13.8 Å². The standard InChI is InChI=1S/C10H12N2/c1-4-7-11-10-6-5-8(2)12-9(10)3/h1,5-6,11H,7H2,2-3H3. The van der Waals surface area contributed by atoms with Gasteiger partial charge in [-0.1, -0.05) is 5.92 Å². The summed E-state index contributed by atoms with van der Waals surface area (Å²) >= 11 is 0. The number of terminal acetylenes is 1. The zero-order chi connectivity index (χ0) is 8.97. The van der Waals surface area contributed by atoms with E-state index in [4.69, 9.17) is 6.42 Å². The highest BCUT2D eigenvalue weighted by Gasteiger charge is 1.96. The summed E-state index contributed by atoms with van der Waals surface area (Å²) in [5, 5.41) is 3.09. The summed E-state index contributed by atoms with van der Waals surface area (Å²) < 4.78 is 0. The normalized spacial score (nSPS) is 9.08. The minimum atomic E-state index is 0.547. The first-order valence-electron chi connectivity index (χ1n) is 3.85. The summed E-state index contributed by atoms with van der Waals surface area (Å²) in [4.78, 5) is 4.30. The third-order valence-electron chi connectivity index (χ3n) is 1.61. The van der Waals surface area contributed by atoms with Gasteiger partial charge in [0.15, 0.2) is 0 Å². The van der Waals surface area contributed by atoms with Gasteiger partial charge in [0.2, 0.25) is 0 Å². The number of nitrogens with zero attached hydrogens (tertiary/aromatic N) is 1. The molecule has 1 aromatic rings. The van der Waals surface area contributed by atoms with Crippen LogP contribution in [0.5, 0.6) is 0 Å². The van der Waals surface area contributed by atoms with Crippen molar-refractivity contribution in [3.05, 3.63) is 23.5 Å². The van der Waals surface area contributed by atoms with E-state index in [1.165, 1.54) is 0 Å². The highest BCUT2D eigenvalue weighted by atomic mass is 14.9. The number of nitrogens with one attached hydrogen (secondary N) is 1. The fourth-order valence-electron chi connectivity index (χ4n) is 1.02. The molecule has 0 saturated heterocycles. The van der Waals surface area contributed by atoms with Crippen LogP contribution in [-0.4, -0.2) is 11.5 Å². The molecule has 0 amide bonds. The Labute approximate surface area is 73.0 Å². The van der Waals surface area contributed by atoms with Crippen molar-refractivity contribution in [3.8, 4) is 12.3 Å². The molecule has 0 bridgehead atoms. The molecular weight excluding hydrogens is 148 g/mol. The summed E-state index contributed by atoms with van der Waals surface area (Å²) in [7, 11) is 0. The molecule has 0 aromatic carbocycles. The van der Waals surface area contributed by atoms with Gasteiger partial charge in [-0.2, -0.15) is 0 Å². The Morgan fingerprint density at radius 3 is 2.83 bits per heavy atom. The predicted octanol–water partition coefficient (Wildman–Crippen LogP) is 1.74. The first-order chi connectivity index (χ1) is 5.74. The molecule has 2 nitrogen and oxygen atoms in total. The van der Waals surface area contributed by atoms with Crippen molar-refractivity contribution in [3.63, 3.8) is 0 Å². The SMILES string of the molecule is C#CCNc1ccc(C)nc1C. The molecule has 0 spiro atoms. The Hall–Kier alpha value is -1.49. The van der Waals surface area contributed by atoms with Crippen LogP contribution in [-0.2, 0) is 0 Å². The molecule has 0 fully saturated rings. The Bertz CT molecular complexity index is 310. The van der Waals surface area contributed by atoms with Crippen molar-refractivity contribution < 1.29 is 0 Å². The van der Waals surface area contributed by atoms with Gasteiger partial charge in [0.05, 0.1) is 17.9 Å². The van der Waals surface area contributed by atoms with Crippen LogP contribution >= 0.6 is 0 Å². The van der Waals surface area contributed by atoms with Crippen LogP contribution in [0.1, 0.15) is 11.4 Å². The Balaban J connectivity index is 2.81. The van der Waals surface area contributed by atoms with E-state index in [2.05, 4.69) is 16.2 Å². The Kier molecular flexibility index (Phi) is 2.71. The molecule has 0 saturated carbocycles. The largest absolute Gasteiger partial charge is 0.373 e. The van der Waals surface area contributed by atoms with Crippen molar-refractivity contribution in [2.75, 3.05) is 11.9 Å². The smallest absolute Gasteiger partial charge is 0.0763 e. The maximum Gasteiger partial charge on any atom is 0.0763 e. The highest BCUT2D eigenvalue weighted by molar-refractivity contribution is 5.48. The number of anilines is 1. The van der Waals surface area contributed by atoms with Crippen molar-refractivity contribution in [2.24, 2.45) is 0 Å². The second-order valence-electron chi connectivity index (χ2n) is 2.64. The van der Waals surface area contributed by atoms with Crippen LogP contribution in [0.15, 0.2) is 12.1 Å². The first-order valence-corrected chi connectivity index (χ1v) is 3.85. The lowest BCUT2D eigenvalue weighted by Gasteiger charge is -2.05. The van der Waals surface area contributed by atoms with E-state index >= 15 is 0 Å². The predicted molar refractivity (Wildman–Crippen MR) is 51.0 cm³/mol. The molecule has 0 aliphatic carbocycles. The quantitative estimate of drug-likeness (QED) is 0.666. The molecule has 1 aromatic heterocycles. The fourth-order valence-corrected chi connectivity index (χ4v) is 1.02. The molecule has 1 N–H and O–H groups in total. The lowest BCUT2D eigenvalue weighted by molar-refractivity contribution is 1.11. The van der Waals surface area contributed by atoms with E-state index in [-0.39, 0.29) is 0 Å². The molecule has 62 valence electrons. The van der Waals surface area contributed by atoms with Gasteiger partial charge in [-0.05, 0) is 26.0 Å². The second kappa shape index (κ2) is 3.77. The second-order valence-corrected chi connectivity index (χ2v) is 2.64. The summed E-state index contributed by atoms with van der Waals surface area (Å²) in [5.41, 5.74) is 3.03. The molecule has 0 atom stereocenters. The maximum absolute atomic E-state index is 5.12. The summed E-state index contributed by atoms with van der Waals surface area (Å²) in [6.45, 7) is 4.48. The molecule has 0 aliphatic rings. The molecule has 0 aliphatic heterocycles. The van der Waals surface area contributed by atoms with E-state index in [1.807, 2.05) is 26.0 Å². The van der Waals surface area contributed by atoms with Crippen LogP contribution in [0.3, 0.4) is 0 Å². The van der Waals surface area contributed by atoms with Gasteiger partial charge in [-0.15, -0.1) is 6.42 Å². The Morgan fingerprint density at radius 2 is 2.25 bits per heavy atom. The topological polar surface area (TPSA) is 24.9 Å². The molecule has 0 unspecified atom stereocenters. The van der Waals surface area contributed by atoms with E-state index < -0.39 is 0 Å². The number of hydrogen-bond donors (Lipinski definition) is 1. The zero-order valence-corrected chi connectivity index (χ0v) is 7.39. The van der Waals surface area contributed by atoms with Crippen molar-refractivity contribution >= 4 is 5.69 Å². The lowest BCUT2D eigenvalue weighted by Crippen LogP contribution is -2.01. The summed E-state index contributed by atoms with van der Waals surface area (Å²) in [6.07, 6.45) is 5.12. The van der Waals surface area contributed by atoms with Gasteiger partial charge >= 0.3 is 0 Å². The molecule has 1 rings (SSSR count). The fraction of sp³-hybridized carbons (Fsp3) is 0.300. The molecule has 1 heterocycles. The van der Waals surface area contributed by atoms with Gasteiger partial charge in [-0.25, -0.2) is 0 Å². The van der Waals surface area contributed by atoms with E-state index in [1.54, 1.807) is 0 Å². The van der Waals surface area contributed by atoms with E-state index in [0.29, 0.717) is 6.54 Å². The molecular formula is C10H12N2. The molecule has 2 heteroatoms. The summed E-state index contributed by atoms with van der Waals surface area (Å²) in [6, 6.07) is 3.96. The molecule has 0 radical (unpaired) electrons. The first kappa shape index (κ1) is 8.61. The minimum absolute atomic E-state index is 0.547. The van der Waals surface area contributed by atoms with Gasteiger partial charge in [0.25, 0.3) is 0 Å². The lowest BCUT2D eigenvalue weighted by atomic mass is 10.3. The van der Waals surface area contributed by atoms with Gasteiger partial charge in [0, 0.05) is 5.69 Å². The van der Waals surface area contributed by atoms with Crippen molar-refractivity contribution in [1.82, 2.24) is 4.98 Å². The average molecular weight is 160 g/mol. The highest BCUT2D eigenvalue weighted by Crippen LogP contribution is 2.11. The monoisotopic (exact) mass is 160 g/mol.